The van der Waals surface area contributed by atoms with E-state index < -0.39 is 11.7 Å². The fourth-order valence-corrected chi connectivity index (χ4v) is 2.93. The van der Waals surface area contributed by atoms with E-state index in [-0.39, 0.29) is 35.6 Å². The van der Waals surface area contributed by atoms with Crippen LogP contribution in [0.5, 0.6) is 0 Å². The highest BCUT2D eigenvalue weighted by Gasteiger charge is 2.31. The van der Waals surface area contributed by atoms with Crippen LogP contribution in [0.3, 0.4) is 0 Å². The molecule has 1 saturated heterocycles. The smallest absolute Gasteiger partial charge is 0.347 e. The Morgan fingerprint density at radius 1 is 1.21 bits per heavy atom. The molecule has 0 unspecified atom stereocenters. The van der Waals surface area contributed by atoms with Crippen LogP contribution in [0.1, 0.15) is 18.4 Å². The molecule has 0 aliphatic carbocycles. The molecular weight excluding hydrogens is 391 g/mol. The average Bonchev–Trinajstić information content (AvgIpc) is 3.14. The predicted molar refractivity (Wildman–Crippen MR) is 95.3 cm³/mol. The van der Waals surface area contributed by atoms with Gasteiger partial charge in [0.25, 0.3) is 0 Å². The van der Waals surface area contributed by atoms with Crippen LogP contribution in [-0.4, -0.2) is 64.5 Å². The van der Waals surface area contributed by atoms with Crippen LogP contribution in [0.4, 0.5) is 13.2 Å². The lowest BCUT2D eigenvalue weighted by atomic mass is 10.1. The zero-order valence-corrected chi connectivity index (χ0v) is 15.7. The second-order valence-electron chi connectivity index (χ2n) is 6.66. The maximum Gasteiger partial charge on any atom is 0.416 e. The quantitative estimate of drug-likeness (QED) is 0.803. The summed E-state index contributed by atoms with van der Waals surface area (Å²) >= 11 is 0. The molecule has 156 valence electrons. The van der Waals surface area contributed by atoms with Crippen molar-refractivity contribution in [2.24, 2.45) is 0 Å². The zero-order valence-electron chi connectivity index (χ0n) is 15.7. The van der Waals surface area contributed by atoms with Gasteiger partial charge in [0, 0.05) is 38.7 Å². The topological polar surface area (TPSA) is 91.6 Å². The van der Waals surface area contributed by atoms with E-state index in [4.69, 9.17) is 4.52 Å². The summed E-state index contributed by atoms with van der Waals surface area (Å²) in [5, 5.41) is 6.25. The van der Waals surface area contributed by atoms with Crippen molar-refractivity contribution in [3.63, 3.8) is 0 Å². The molecule has 1 aliphatic rings. The first kappa shape index (κ1) is 20.8. The van der Waals surface area contributed by atoms with Gasteiger partial charge in [0.15, 0.2) is 0 Å². The summed E-state index contributed by atoms with van der Waals surface area (Å²) in [6.45, 7) is 3.79. The predicted octanol–water partition coefficient (Wildman–Crippen LogP) is 1.54. The highest BCUT2D eigenvalue weighted by molar-refractivity contribution is 5.83. The lowest BCUT2D eigenvalue weighted by molar-refractivity contribution is -0.137. The van der Waals surface area contributed by atoms with Crippen molar-refractivity contribution >= 4 is 11.8 Å². The fraction of sp³-hybridized carbons (Fsp3) is 0.444. The van der Waals surface area contributed by atoms with Gasteiger partial charge in [0.2, 0.25) is 23.5 Å². The van der Waals surface area contributed by atoms with Gasteiger partial charge in [-0.2, -0.15) is 18.2 Å². The standard InChI is InChI=1S/C18H20F3N5O3/c1-12(27)22-10-16(28)26-7-5-25(6-8-26)11-15-23-17(24-29-15)13-3-2-4-14(9-13)18(19,20)21/h2-4,9H,5-8,10-11H2,1H3,(H,22,27). The molecule has 0 saturated carbocycles. The highest BCUT2D eigenvalue weighted by Crippen LogP contribution is 2.31. The SMILES string of the molecule is CC(=O)NCC(=O)N1CCN(Cc2nc(-c3cccc(C(F)(F)F)c3)no2)CC1. The third kappa shape index (κ3) is 5.53. The van der Waals surface area contributed by atoms with E-state index in [1.54, 1.807) is 4.90 Å². The normalized spacial score (nSPS) is 15.4. The summed E-state index contributed by atoms with van der Waals surface area (Å²) in [4.78, 5) is 30.7. The van der Waals surface area contributed by atoms with Gasteiger partial charge in [-0.25, -0.2) is 0 Å². The number of piperazine rings is 1. The minimum Gasteiger partial charge on any atom is -0.347 e. The molecule has 0 radical (unpaired) electrons. The molecule has 0 spiro atoms. The number of nitrogens with one attached hydrogen (secondary N) is 1. The van der Waals surface area contributed by atoms with Crippen molar-refractivity contribution in [2.75, 3.05) is 32.7 Å². The first-order valence-corrected chi connectivity index (χ1v) is 8.97. The number of nitrogens with zero attached hydrogens (tertiary/aromatic N) is 4. The number of carbonyl (C=O) groups is 2. The van der Waals surface area contributed by atoms with Gasteiger partial charge in [-0.05, 0) is 12.1 Å². The molecule has 8 nitrogen and oxygen atoms in total. The summed E-state index contributed by atoms with van der Waals surface area (Å²) in [7, 11) is 0. The Labute approximate surface area is 164 Å². The molecule has 3 rings (SSSR count). The number of hydrogen-bond donors (Lipinski definition) is 1. The molecule has 1 aromatic heterocycles. The van der Waals surface area contributed by atoms with Gasteiger partial charge in [-0.15, -0.1) is 0 Å². The number of amides is 2. The van der Waals surface area contributed by atoms with Gasteiger partial charge in [-0.1, -0.05) is 17.3 Å². The van der Waals surface area contributed by atoms with Crippen LogP contribution < -0.4 is 5.32 Å². The third-order valence-electron chi connectivity index (χ3n) is 4.49. The average molecular weight is 411 g/mol. The largest absolute Gasteiger partial charge is 0.416 e. The molecule has 1 N–H and O–H groups in total. The Morgan fingerprint density at radius 2 is 1.93 bits per heavy atom. The minimum absolute atomic E-state index is 0.0284. The van der Waals surface area contributed by atoms with Gasteiger partial charge >= 0.3 is 6.18 Å². The Morgan fingerprint density at radius 3 is 2.59 bits per heavy atom. The van der Waals surface area contributed by atoms with E-state index in [1.807, 2.05) is 4.90 Å². The fourth-order valence-electron chi connectivity index (χ4n) is 2.93. The van der Waals surface area contributed by atoms with E-state index in [0.29, 0.717) is 32.7 Å². The van der Waals surface area contributed by atoms with Crippen LogP contribution in [0.2, 0.25) is 0 Å². The molecule has 2 heterocycles. The maximum absolute atomic E-state index is 12.9. The number of benzene rings is 1. The van der Waals surface area contributed by atoms with Crippen molar-refractivity contribution in [1.29, 1.82) is 0 Å². The Kier molecular flexibility index (Phi) is 6.16. The van der Waals surface area contributed by atoms with Gasteiger partial charge < -0.3 is 14.7 Å². The van der Waals surface area contributed by atoms with Crippen LogP contribution in [-0.2, 0) is 22.3 Å². The first-order valence-electron chi connectivity index (χ1n) is 8.97. The summed E-state index contributed by atoms with van der Waals surface area (Å²) in [6, 6.07) is 4.75. The van der Waals surface area contributed by atoms with E-state index in [1.165, 1.54) is 19.1 Å². The molecule has 2 amide bonds. The second kappa shape index (κ2) is 8.60. The molecule has 0 bridgehead atoms. The number of carbonyl (C=O) groups excluding carboxylic acids is 2. The van der Waals surface area contributed by atoms with Crippen LogP contribution in [0.15, 0.2) is 28.8 Å². The molecule has 1 aliphatic heterocycles. The molecule has 1 fully saturated rings. The number of hydrogen-bond acceptors (Lipinski definition) is 6. The molecule has 1 aromatic carbocycles. The lowest BCUT2D eigenvalue weighted by Gasteiger charge is -2.33. The number of aromatic nitrogens is 2. The summed E-state index contributed by atoms with van der Waals surface area (Å²) in [5.74, 6) is -0.0277. The summed E-state index contributed by atoms with van der Waals surface area (Å²) < 4.78 is 43.7. The van der Waals surface area contributed by atoms with E-state index >= 15 is 0 Å². The molecule has 11 heteroatoms. The Balaban J connectivity index is 1.55. The van der Waals surface area contributed by atoms with Gasteiger partial charge in [-0.3, -0.25) is 14.5 Å². The van der Waals surface area contributed by atoms with Crippen molar-refractivity contribution in [2.45, 2.75) is 19.6 Å². The zero-order chi connectivity index (χ0) is 21.0. The maximum atomic E-state index is 12.9. The number of rotatable bonds is 5. The van der Waals surface area contributed by atoms with E-state index in [0.717, 1.165) is 12.1 Å². The molecule has 2 aromatic rings. The van der Waals surface area contributed by atoms with Gasteiger partial charge in [0.05, 0.1) is 18.7 Å². The van der Waals surface area contributed by atoms with Crippen LogP contribution >= 0.6 is 0 Å². The van der Waals surface area contributed by atoms with Crippen LogP contribution in [0.25, 0.3) is 11.4 Å². The highest BCUT2D eigenvalue weighted by atomic mass is 19.4. The minimum atomic E-state index is -4.44. The van der Waals surface area contributed by atoms with Crippen molar-refractivity contribution < 1.29 is 27.3 Å². The Bertz CT molecular complexity index is 876. The Hall–Kier alpha value is -2.95. The van der Waals surface area contributed by atoms with E-state index in [9.17, 15) is 22.8 Å². The van der Waals surface area contributed by atoms with Crippen molar-refractivity contribution in [3.05, 3.63) is 35.7 Å². The number of halogens is 3. The van der Waals surface area contributed by atoms with E-state index in [2.05, 4.69) is 15.5 Å². The molecule has 0 atom stereocenters. The van der Waals surface area contributed by atoms with Crippen LogP contribution in [0, 0.1) is 0 Å². The molecular formula is C18H20F3N5O3. The summed E-state index contributed by atoms with van der Waals surface area (Å²) in [5.41, 5.74) is -0.551. The van der Waals surface area contributed by atoms with Crippen molar-refractivity contribution in [3.8, 4) is 11.4 Å². The lowest BCUT2D eigenvalue weighted by Crippen LogP contribution is -2.50. The number of alkyl halides is 3. The summed E-state index contributed by atoms with van der Waals surface area (Å²) in [6.07, 6.45) is -4.44. The first-order chi connectivity index (χ1) is 13.7. The van der Waals surface area contributed by atoms with Crippen molar-refractivity contribution in [1.82, 2.24) is 25.3 Å². The second-order valence-corrected chi connectivity index (χ2v) is 6.66. The monoisotopic (exact) mass is 411 g/mol. The molecule has 29 heavy (non-hydrogen) atoms. The third-order valence-corrected chi connectivity index (χ3v) is 4.49. The van der Waals surface area contributed by atoms with Gasteiger partial charge in [0.1, 0.15) is 0 Å².